The highest BCUT2D eigenvalue weighted by molar-refractivity contribution is 7.11. The van der Waals surface area contributed by atoms with Crippen LogP contribution in [0.25, 0.3) is 0 Å². The summed E-state index contributed by atoms with van der Waals surface area (Å²) in [5.41, 5.74) is 0.712. The van der Waals surface area contributed by atoms with E-state index in [4.69, 9.17) is 0 Å². The lowest BCUT2D eigenvalue weighted by Gasteiger charge is -2.37. The summed E-state index contributed by atoms with van der Waals surface area (Å²) in [6, 6.07) is 14.3. The average Bonchev–Trinajstić information content (AvgIpc) is 3.41. The number of carbonyl (C=O) groups is 2. The van der Waals surface area contributed by atoms with Crippen LogP contribution in [0.15, 0.2) is 42.5 Å². The first-order valence-electron chi connectivity index (χ1n) is 11.9. The van der Waals surface area contributed by atoms with Gasteiger partial charge < -0.3 is 9.80 Å². The fourth-order valence-electron chi connectivity index (χ4n) is 4.49. The highest BCUT2D eigenvalue weighted by atomic mass is 32.1. The Labute approximate surface area is 197 Å². The Morgan fingerprint density at radius 3 is 2.25 bits per heavy atom. The highest BCUT2D eigenvalue weighted by Gasteiger charge is 2.30. The number of nitrogens with zero attached hydrogens (tertiary/aromatic N) is 2. The van der Waals surface area contributed by atoms with E-state index in [0.717, 1.165) is 12.0 Å². The molecule has 2 aromatic rings. The van der Waals surface area contributed by atoms with Crippen molar-refractivity contribution in [3.8, 4) is 0 Å². The minimum Gasteiger partial charge on any atom is -0.332 e. The first-order valence-corrected chi connectivity index (χ1v) is 12.7. The van der Waals surface area contributed by atoms with Crippen molar-refractivity contribution in [1.29, 1.82) is 0 Å². The molecule has 1 aliphatic rings. The number of thiophene rings is 1. The molecule has 3 rings (SSSR count). The van der Waals surface area contributed by atoms with E-state index in [1.54, 1.807) is 16.2 Å². The van der Waals surface area contributed by atoms with Gasteiger partial charge in [-0.2, -0.15) is 0 Å². The number of aryl methyl sites for hydroxylation is 1. The fraction of sp³-hybridized carbons (Fsp3) is 0.556. The van der Waals surface area contributed by atoms with Crippen molar-refractivity contribution < 1.29 is 9.59 Å². The van der Waals surface area contributed by atoms with Crippen LogP contribution < -0.4 is 0 Å². The Kier molecular flexibility index (Phi) is 8.52. The van der Waals surface area contributed by atoms with E-state index >= 15 is 0 Å². The third-order valence-electron chi connectivity index (χ3n) is 6.36. The van der Waals surface area contributed by atoms with E-state index in [2.05, 4.69) is 19.1 Å². The molecule has 0 spiro atoms. The molecule has 0 bridgehead atoms. The number of hydrogen-bond acceptors (Lipinski definition) is 3. The first kappa shape index (κ1) is 24.5. The molecule has 0 N–H and O–H groups in total. The second kappa shape index (κ2) is 11.1. The minimum atomic E-state index is -0.389. The van der Waals surface area contributed by atoms with Gasteiger partial charge in [0, 0.05) is 28.3 Å². The summed E-state index contributed by atoms with van der Waals surface area (Å²) in [5.74, 6) is 0.779. The van der Waals surface area contributed by atoms with Gasteiger partial charge in [-0.1, -0.05) is 56.0 Å². The lowest BCUT2D eigenvalue weighted by molar-refractivity contribution is -0.145. The third kappa shape index (κ3) is 7.19. The van der Waals surface area contributed by atoms with Crippen molar-refractivity contribution in [1.82, 2.24) is 9.80 Å². The average molecular weight is 455 g/mol. The molecule has 32 heavy (non-hydrogen) atoms. The highest BCUT2D eigenvalue weighted by Crippen LogP contribution is 2.29. The quantitative estimate of drug-likeness (QED) is 0.454. The normalized spacial score (nSPS) is 14.5. The van der Waals surface area contributed by atoms with Gasteiger partial charge in [0.2, 0.25) is 11.8 Å². The molecule has 0 atom stereocenters. The number of benzene rings is 1. The van der Waals surface area contributed by atoms with Crippen LogP contribution in [0, 0.1) is 12.8 Å². The van der Waals surface area contributed by atoms with Crippen molar-refractivity contribution in [2.45, 2.75) is 84.8 Å². The summed E-state index contributed by atoms with van der Waals surface area (Å²) in [6.07, 6.45) is 6.55. The first-order chi connectivity index (χ1) is 15.2. The van der Waals surface area contributed by atoms with Crippen LogP contribution in [0.2, 0.25) is 0 Å². The van der Waals surface area contributed by atoms with Crippen LogP contribution in [-0.2, 0) is 22.7 Å². The van der Waals surface area contributed by atoms with Gasteiger partial charge in [0.25, 0.3) is 0 Å². The molecule has 4 nitrogen and oxygen atoms in total. The minimum absolute atomic E-state index is 0.00375. The Bertz CT molecular complexity index is 879. The lowest BCUT2D eigenvalue weighted by atomic mass is 9.99. The van der Waals surface area contributed by atoms with E-state index in [1.165, 1.54) is 35.4 Å². The molecule has 2 amide bonds. The molecule has 1 aromatic carbocycles. The Morgan fingerprint density at radius 1 is 0.969 bits per heavy atom. The van der Waals surface area contributed by atoms with E-state index in [0.29, 0.717) is 25.4 Å². The van der Waals surface area contributed by atoms with Crippen LogP contribution in [0.4, 0.5) is 0 Å². The molecule has 5 heteroatoms. The van der Waals surface area contributed by atoms with E-state index in [1.807, 2.05) is 56.0 Å². The van der Waals surface area contributed by atoms with Crippen LogP contribution in [-0.4, -0.2) is 33.7 Å². The maximum absolute atomic E-state index is 13.5. The summed E-state index contributed by atoms with van der Waals surface area (Å²) < 4.78 is 0. The van der Waals surface area contributed by atoms with Crippen LogP contribution in [0.3, 0.4) is 0 Å². The van der Waals surface area contributed by atoms with E-state index in [-0.39, 0.29) is 23.9 Å². The van der Waals surface area contributed by atoms with Gasteiger partial charge in [0.05, 0.1) is 6.54 Å². The Morgan fingerprint density at radius 2 is 1.66 bits per heavy atom. The molecule has 174 valence electrons. The maximum Gasteiger partial charge on any atom is 0.242 e. The van der Waals surface area contributed by atoms with Crippen molar-refractivity contribution in [2.75, 3.05) is 6.54 Å². The Balaban J connectivity index is 1.71. The summed E-state index contributed by atoms with van der Waals surface area (Å²) in [7, 11) is 0. The van der Waals surface area contributed by atoms with Gasteiger partial charge in [-0.25, -0.2) is 0 Å². The van der Waals surface area contributed by atoms with Gasteiger partial charge in [0.15, 0.2) is 0 Å². The summed E-state index contributed by atoms with van der Waals surface area (Å²) in [4.78, 5) is 32.8. The zero-order chi connectivity index (χ0) is 23.1. The number of hydrogen-bond donors (Lipinski definition) is 0. The SMILES string of the molecule is Cc1ccc(CN(Cc2ccccc2)C(=O)CN(C(=O)CCC2CCCC2)C(C)(C)C)s1. The van der Waals surface area contributed by atoms with Gasteiger partial charge in [0.1, 0.15) is 6.54 Å². The Hall–Kier alpha value is -2.14. The molecule has 1 aliphatic carbocycles. The molecule has 1 fully saturated rings. The molecular weight excluding hydrogens is 416 g/mol. The van der Waals surface area contributed by atoms with E-state index < -0.39 is 0 Å². The molecule has 0 saturated heterocycles. The fourth-order valence-corrected chi connectivity index (χ4v) is 5.40. The monoisotopic (exact) mass is 454 g/mol. The van der Waals surface area contributed by atoms with Crippen molar-refractivity contribution in [2.24, 2.45) is 5.92 Å². The predicted molar refractivity (Wildman–Crippen MR) is 132 cm³/mol. The number of rotatable bonds is 9. The molecule has 0 aliphatic heterocycles. The van der Waals surface area contributed by atoms with Crippen LogP contribution in [0.5, 0.6) is 0 Å². The molecule has 0 unspecified atom stereocenters. The molecule has 1 heterocycles. The molecule has 1 aromatic heterocycles. The second-order valence-electron chi connectivity index (χ2n) is 10.1. The largest absolute Gasteiger partial charge is 0.332 e. The molecular formula is C27H38N2O2S. The predicted octanol–water partition coefficient (Wildman–Crippen LogP) is 6.18. The van der Waals surface area contributed by atoms with E-state index in [9.17, 15) is 9.59 Å². The van der Waals surface area contributed by atoms with Gasteiger partial charge >= 0.3 is 0 Å². The zero-order valence-corrected chi connectivity index (χ0v) is 20.9. The third-order valence-corrected chi connectivity index (χ3v) is 7.34. The topological polar surface area (TPSA) is 40.6 Å². The molecule has 1 saturated carbocycles. The lowest BCUT2D eigenvalue weighted by Crippen LogP contribution is -2.51. The smallest absolute Gasteiger partial charge is 0.242 e. The van der Waals surface area contributed by atoms with Crippen LogP contribution in [0.1, 0.15) is 74.6 Å². The zero-order valence-electron chi connectivity index (χ0n) is 20.1. The van der Waals surface area contributed by atoms with Gasteiger partial charge in [-0.15, -0.1) is 11.3 Å². The van der Waals surface area contributed by atoms with Crippen molar-refractivity contribution >= 4 is 23.2 Å². The van der Waals surface area contributed by atoms with Crippen molar-refractivity contribution in [3.63, 3.8) is 0 Å². The molecule has 0 radical (unpaired) electrons. The maximum atomic E-state index is 13.5. The second-order valence-corrected chi connectivity index (χ2v) is 11.5. The summed E-state index contributed by atoms with van der Waals surface area (Å²) >= 11 is 1.72. The number of amides is 2. The van der Waals surface area contributed by atoms with Crippen LogP contribution >= 0.6 is 11.3 Å². The van der Waals surface area contributed by atoms with Gasteiger partial charge in [-0.3, -0.25) is 9.59 Å². The summed E-state index contributed by atoms with van der Waals surface area (Å²) in [6.45, 7) is 9.41. The number of carbonyl (C=O) groups excluding carboxylic acids is 2. The van der Waals surface area contributed by atoms with Gasteiger partial charge in [-0.05, 0) is 57.7 Å². The summed E-state index contributed by atoms with van der Waals surface area (Å²) in [5, 5.41) is 0. The standard InChI is InChI=1S/C27H38N2O2S/c1-21-14-16-24(32-21)19-28(18-23-12-6-5-7-13-23)26(31)20-29(27(2,3)4)25(30)17-15-22-10-8-9-11-22/h5-7,12-14,16,22H,8-11,15,17-20H2,1-4H3. The van der Waals surface area contributed by atoms with Crippen molar-refractivity contribution in [3.05, 3.63) is 57.8 Å².